The first-order valence-corrected chi connectivity index (χ1v) is 4.74. The van der Waals surface area contributed by atoms with E-state index < -0.39 is 0 Å². The summed E-state index contributed by atoms with van der Waals surface area (Å²) in [5, 5.41) is 11.5. The lowest BCUT2D eigenvalue weighted by Crippen LogP contribution is -1.91. The Morgan fingerprint density at radius 1 is 1.19 bits per heavy atom. The van der Waals surface area contributed by atoms with E-state index in [2.05, 4.69) is 10.1 Å². The molecule has 1 heterocycles. The molecule has 0 saturated carbocycles. The lowest BCUT2D eigenvalue weighted by Gasteiger charge is -2.06. The van der Waals surface area contributed by atoms with E-state index in [9.17, 15) is 0 Å². The van der Waals surface area contributed by atoms with Gasteiger partial charge in [-0.3, -0.25) is 4.98 Å². The SMILES string of the molecule is ON=Cc1ccncc1Oc1ccccc1. The Hall–Kier alpha value is -2.36. The van der Waals surface area contributed by atoms with Crippen LogP contribution in [0.3, 0.4) is 0 Å². The van der Waals surface area contributed by atoms with Crippen LogP contribution >= 0.6 is 0 Å². The van der Waals surface area contributed by atoms with Crippen LogP contribution in [0.5, 0.6) is 11.5 Å². The molecule has 0 aliphatic rings. The Morgan fingerprint density at radius 3 is 2.75 bits per heavy atom. The number of pyridine rings is 1. The first-order valence-electron chi connectivity index (χ1n) is 4.74. The monoisotopic (exact) mass is 214 g/mol. The summed E-state index contributed by atoms with van der Waals surface area (Å²) >= 11 is 0. The van der Waals surface area contributed by atoms with Crippen molar-refractivity contribution in [1.29, 1.82) is 0 Å². The molecular weight excluding hydrogens is 204 g/mol. The molecule has 1 aromatic heterocycles. The van der Waals surface area contributed by atoms with Crippen molar-refractivity contribution in [3.63, 3.8) is 0 Å². The highest BCUT2D eigenvalue weighted by atomic mass is 16.5. The van der Waals surface area contributed by atoms with E-state index >= 15 is 0 Å². The number of para-hydroxylation sites is 1. The summed E-state index contributed by atoms with van der Waals surface area (Å²) in [6.45, 7) is 0. The topological polar surface area (TPSA) is 54.7 Å². The zero-order chi connectivity index (χ0) is 11.2. The van der Waals surface area contributed by atoms with Gasteiger partial charge in [-0.15, -0.1) is 0 Å². The molecule has 4 nitrogen and oxygen atoms in total. The second-order valence-corrected chi connectivity index (χ2v) is 3.07. The van der Waals surface area contributed by atoms with Crippen molar-refractivity contribution in [2.45, 2.75) is 0 Å². The lowest BCUT2D eigenvalue weighted by molar-refractivity contribution is 0.321. The molecule has 0 saturated heterocycles. The quantitative estimate of drug-likeness (QED) is 0.485. The standard InChI is InChI=1S/C12H10N2O2/c15-14-8-10-6-7-13-9-12(10)16-11-4-2-1-3-5-11/h1-9,15H. The normalized spacial score (nSPS) is 10.5. The van der Waals surface area contributed by atoms with E-state index in [0.717, 1.165) is 0 Å². The van der Waals surface area contributed by atoms with Gasteiger partial charge >= 0.3 is 0 Å². The van der Waals surface area contributed by atoms with Gasteiger partial charge in [0.1, 0.15) is 5.75 Å². The van der Waals surface area contributed by atoms with Crippen molar-refractivity contribution in [3.8, 4) is 11.5 Å². The number of benzene rings is 1. The van der Waals surface area contributed by atoms with Crippen LogP contribution in [-0.4, -0.2) is 16.4 Å². The van der Waals surface area contributed by atoms with Gasteiger partial charge in [-0.25, -0.2) is 0 Å². The number of aromatic nitrogens is 1. The second-order valence-electron chi connectivity index (χ2n) is 3.07. The fourth-order valence-corrected chi connectivity index (χ4v) is 1.26. The van der Waals surface area contributed by atoms with Crippen molar-refractivity contribution in [1.82, 2.24) is 4.98 Å². The van der Waals surface area contributed by atoms with Crippen LogP contribution in [0.4, 0.5) is 0 Å². The second kappa shape index (κ2) is 4.93. The third kappa shape index (κ3) is 2.36. The van der Waals surface area contributed by atoms with Gasteiger partial charge in [0.15, 0.2) is 5.75 Å². The molecule has 80 valence electrons. The first kappa shape index (κ1) is 10.2. The summed E-state index contributed by atoms with van der Waals surface area (Å²) in [7, 11) is 0. The average Bonchev–Trinajstić information content (AvgIpc) is 2.33. The van der Waals surface area contributed by atoms with Crippen molar-refractivity contribution >= 4 is 6.21 Å². The molecular formula is C12H10N2O2. The summed E-state index contributed by atoms with van der Waals surface area (Å²) in [5.41, 5.74) is 0.668. The minimum Gasteiger partial charge on any atom is -0.455 e. The van der Waals surface area contributed by atoms with Gasteiger partial charge in [0.05, 0.1) is 12.4 Å². The van der Waals surface area contributed by atoms with Crippen LogP contribution in [-0.2, 0) is 0 Å². The molecule has 2 rings (SSSR count). The molecule has 0 radical (unpaired) electrons. The molecule has 0 unspecified atom stereocenters. The molecule has 1 N–H and O–H groups in total. The number of hydrogen-bond acceptors (Lipinski definition) is 4. The largest absolute Gasteiger partial charge is 0.455 e. The van der Waals surface area contributed by atoms with Crippen LogP contribution in [0.2, 0.25) is 0 Å². The van der Waals surface area contributed by atoms with Crippen molar-refractivity contribution in [3.05, 3.63) is 54.4 Å². The smallest absolute Gasteiger partial charge is 0.154 e. The molecule has 0 aliphatic heterocycles. The van der Waals surface area contributed by atoms with Crippen molar-refractivity contribution in [2.24, 2.45) is 5.16 Å². The molecule has 16 heavy (non-hydrogen) atoms. The predicted molar refractivity (Wildman–Crippen MR) is 60.1 cm³/mol. The number of nitrogens with zero attached hydrogens (tertiary/aromatic N) is 2. The highest BCUT2D eigenvalue weighted by Crippen LogP contribution is 2.22. The number of rotatable bonds is 3. The van der Waals surface area contributed by atoms with Crippen molar-refractivity contribution < 1.29 is 9.94 Å². The Bertz CT molecular complexity index is 483. The minimum atomic E-state index is 0.548. The molecule has 0 fully saturated rings. The number of oxime groups is 1. The highest BCUT2D eigenvalue weighted by Gasteiger charge is 2.02. The Kier molecular flexibility index (Phi) is 3.13. The fourth-order valence-electron chi connectivity index (χ4n) is 1.26. The van der Waals surface area contributed by atoms with Crippen LogP contribution in [0, 0.1) is 0 Å². The Balaban J connectivity index is 2.28. The summed E-state index contributed by atoms with van der Waals surface area (Å²) in [6.07, 6.45) is 4.48. The van der Waals surface area contributed by atoms with Crippen molar-refractivity contribution in [2.75, 3.05) is 0 Å². The maximum Gasteiger partial charge on any atom is 0.154 e. The van der Waals surface area contributed by atoms with Gasteiger partial charge in [0.2, 0.25) is 0 Å². The number of ether oxygens (including phenoxy) is 1. The van der Waals surface area contributed by atoms with Gasteiger partial charge in [-0.2, -0.15) is 0 Å². The Morgan fingerprint density at radius 2 is 2.00 bits per heavy atom. The summed E-state index contributed by atoms with van der Waals surface area (Å²) in [4.78, 5) is 3.96. The minimum absolute atomic E-state index is 0.548. The zero-order valence-electron chi connectivity index (χ0n) is 8.45. The van der Waals surface area contributed by atoms with Gasteiger partial charge in [-0.1, -0.05) is 23.4 Å². The van der Waals surface area contributed by atoms with Gasteiger partial charge < -0.3 is 9.94 Å². The average molecular weight is 214 g/mol. The molecule has 1 aromatic carbocycles. The van der Waals surface area contributed by atoms with E-state index in [-0.39, 0.29) is 0 Å². The maximum atomic E-state index is 8.50. The highest BCUT2D eigenvalue weighted by molar-refractivity contribution is 5.82. The fraction of sp³-hybridized carbons (Fsp3) is 0. The van der Waals surface area contributed by atoms with Gasteiger partial charge in [0, 0.05) is 11.8 Å². The molecule has 0 atom stereocenters. The van der Waals surface area contributed by atoms with Crippen LogP contribution in [0.15, 0.2) is 53.9 Å². The van der Waals surface area contributed by atoms with Crippen LogP contribution in [0.25, 0.3) is 0 Å². The summed E-state index contributed by atoms with van der Waals surface area (Å²) in [6, 6.07) is 11.1. The Labute approximate surface area is 92.8 Å². The lowest BCUT2D eigenvalue weighted by atomic mass is 10.2. The predicted octanol–water partition coefficient (Wildman–Crippen LogP) is 2.68. The molecule has 0 amide bonds. The van der Waals surface area contributed by atoms with Crippen LogP contribution < -0.4 is 4.74 Å². The third-order valence-corrected chi connectivity index (χ3v) is 1.98. The molecule has 2 aromatic rings. The third-order valence-electron chi connectivity index (χ3n) is 1.98. The van der Waals surface area contributed by atoms with E-state index in [0.29, 0.717) is 17.1 Å². The molecule has 0 spiro atoms. The summed E-state index contributed by atoms with van der Waals surface area (Å²) in [5.74, 6) is 1.26. The van der Waals surface area contributed by atoms with Crippen LogP contribution in [0.1, 0.15) is 5.56 Å². The van der Waals surface area contributed by atoms with E-state index in [1.807, 2.05) is 30.3 Å². The first-order chi connectivity index (χ1) is 7.90. The molecule has 0 bridgehead atoms. The van der Waals surface area contributed by atoms with Gasteiger partial charge in [-0.05, 0) is 18.2 Å². The van der Waals surface area contributed by atoms with E-state index in [1.54, 1.807) is 18.5 Å². The summed E-state index contributed by atoms with van der Waals surface area (Å²) < 4.78 is 5.60. The molecule has 0 aliphatic carbocycles. The van der Waals surface area contributed by atoms with Gasteiger partial charge in [0.25, 0.3) is 0 Å². The number of hydrogen-bond donors (Lipinski definition) is 1. The molecule has 4 heteroatoms. The van der Waals surface area contributed by atoms with E-state index in [1.165, 1.54) is 6.21 Å². The maximum absolute atomic E-state index is 8.50. The zero-order valence-corrected chi connectivity index (χ0v) is 8.45. The van der Waals surface area contributed by atoms with E-state index in [4.69, 9.17) is 9.94 Å².